The topological polar surface area (TPSA) is 63.6 Å². The number of hydrogen-bond donors (Lipinski definition) is 0. The van der Waals surface area contributed by atoms with E-state index in [-0.39, 0.29) is 5.56 Å². The Morgan fingerprint density at radius 2 is 2.12 bits per heavy atom. The van der Waals surface area contributed by atoms with E-state index in [9.17, 15) is 18.8 Å². The lowest BCUT2D eigenvalue weighted by Gasteiger charge is -2.14. The Balaban J connectivity index is 2.12. The second-order valence-corrected chi connectivity index (χ2v) is 5.54. The maximum Gasteiger partial charge on any atom is 0.271 e. The molecule has 0 saturated heterocycles. The number of rotatable bonds is 4. The number of alkyl halides is 2. The molecule has 0 spiro atoms. The molecule has 5 nitrogen and oxygen atoms in total. The molecule has 0 saturated carbocycles. The van der Waals surface area contributed by atoms with Crippen LogP contribution in [0.2, 0.25) is 5.15 Å². The molecule has 3 heterocycles. The average molecular weight is 349 g/mol. The van der Waals surface area contributed by atoms with Gasteiger partial charge in [-0.2, -0.15) is 5.26 Å². The smallest absolute Gasteiger partial charge is 0.271 e. The Morgan fingerprint density at radius 1 is 1.33 bits per heavy atom. The van der Waals surface area contributed by atoms with Crippen molar-refractivity contribution in [2.24, 2.45) is 0 Å². The van der Waals surface area contributed by atoms with Gasteiger partial charge in [-0.3, -0.25) is 9.36 Å². The maximum absolute atomic E-state index is 12.8. The predicted octanol–water partition coefficient (Wildman–Crippen LogP) is 2.99. The van der Waals surface area contributed by atoms with Crippen molar-refractivity contribution >= 4 is 11.6 Å². The summed E-state index contributed by atoms with van der Waals surface area (Å²) in [6.45, 7) is -0.419. The highest BCUT2D eigenvalue weighted by Gasteiger charge is 2.24. The van der Waals surface area contributed by atoms with Gasteiger partial charge in [0.1, 0.15) is 16.8 Å². The van der Waals surface area contributed by atoms with Crippen LogP contribution in [0.15, 0.2) is 41.5 Å². The number of fused-ring (bicyclic) bond motifs is 1. The molecule has 122 valence electrons. The maximum atomic E-state index is 12.8. The summed E-state index contributed by atoms with van der Waals surface area (Å²) in [6, 6.07) is 8.42. The second-order valence-electron chi connectivity index (χ2n) is 5.15. The molecule has 1 aromatic rings. The van der Waals surface area contributed by atoms with Gasteiger partial charge in [0.25, 0.3) is 12.0 Å². The predicted molar refractivity (Wildman–Crippen MR) is 84.4 cm³/mol. The second kappa shape index (κ2) is 6.42. The lowest BCUT2D eigenvalue weighted by atomic mass is 10.2. The molecule has 0 aliphatic carbocycles. The van der Waals surface area contributed by atoms with Gasteiger partial charge in [0.2, 0.25) is 0 Å². The van der Waals surface area contributed by atoms with Crippen molar-refractivity contribution in [3.8, 4) is 17.5 Å². The van der Waals surface area contributed by atoms with Gasteiger partial charge in [-0.25, -0.2) is 13.8 Å². The third kappa shape index (κ3) is 2.88. The van der Waals surface area contributed by atoms with Crippen LogP contribution in [0.4, 0.5) is 8.78 Å². The molecule has 2 aliphatic rings. The number of aromatic nitrogens is 3. The van der Waals surface area contributed by atoms with Crippen molar-refractivity contribution in [3.05, 3.63) is 63.3 Å². The van der Waals surface area contributed by atoms with Gasteiger partial charge >= 0.3 is 0 Å². The van der Waals surface area contributed by atoms with E-state index in [0.717, 1.165) is 10.1 Å². The molecule has 1 aromatic heterocycles. The Hall–Kier alpha value is -2.72. The molecular weight excluding hydrogens is 338 g/mol. The molecule has 3 rings (SSSR count). The van der Waals surface area contributed by atoms with Crippen molar-refractivity contribution in [3.63, 3.8) is 0 Å². The van der Waals surface area contributed by atoms with Crippen molar-refractivity contribution in [1.82, 2.24) is 14.1 Å². The quantitative estimate of drug-likeness (QED) is 0.681. The molecule has 0 atom stereocenters. The number of pyridine rings is 2. The molecule has 8 heteroatoms. The summed E-state index contributed by atoms with van der Waals surface area (Å²) < 4.78 is 28.1. The molecule has 0 aromatic carbocycles. The van der Waals surface area contributed by atoms with E-state index >= 15 is 0 Å². The van der Waals surface area contributed by atoms with Gasteiger partial charge in [0.15, 0.2) is 0 Å². The standard InChI is InChI=1S/C16H11ClF2N4O/c17-13-4-3-10(7-21-13)8-22-5-1-2-12-15(22)11(6-20)16(24)23(12)9-14(18)19/h1-5,7,14H,8-9H2. The van der Waals surface area contributed by atoms with Crippen LogP contribution >= 0.6 is 11.6 Å². The van der Waals surface area contributed by atoms with Gasteiger partial charge in [-0.05, 0) is 23.8 Å². The first kappa shape index (κ1) is 16.1. The highest BCUT2D eigenvalue weighted by atomic mass is 35.5. The first-order chi connectivity index (χ1) is 11.5. The first-order valence-corrected chi connectivity index (χ1v) is 7.39. The third-order valence-corrected chi connectivity index (χ3v) is 3.83. The fraction of sp³-hybridized carbons (Fsp3) is 0.188. The number of nitriles is 1. The Morgan fingerprint density at radius 3 is 2.75 bits per heavy atom. The summed E-state index contributed by atoms with van der Waals surface area (Å²) in [4.78, 5) is 16.2. The summed E-state index contributed by atoms with van der Waals surface area (Å²) in [5.74, 6) is 0. The van der Waals surface area contributed by atoms with Crippen molar-refractivity contribution < 1.29 is 8.78 Å². The largest absolute Gasteiger partial charge is 0.341 e. The third-order valence-electron chi connectivity index (χ3n) is 3.61. The summed E-state index contributed by atoms with van der Waals surface area (Å²) in [5, 5.41) is 9.65. The van der Waals surface area contributed by atoms with Crippen LogP contribution in [0.3, 0.4) is 0 Å². The molecule has 0 bridgehead atoms. The minimum atomic E-state index is -2.69. The van der Waals surface area contributed by atoms with E-state index in [1.165, 1.54) is 0 Å². The first-order valence-electron chi connectivity index (χ1n) is 7.01. The zero-order valence-corrected chi connectivity index (χ0v) is 13.0. The molecule has 2 aliphatic heterocycles. The van der Waals surface area contributed by atoms with Gasteiger partial charge in [0.05, 0.1) is 17.9 Å². The van der Waals surface area contributed by atoms with Crippen LogP contribution in [-0.4, -0.2) is 20.5 Å². The van der Waals surface area contributed by atoms with E-state index in [1.807, 2.05) is 6.07 Å². The Bertz CT molecular complexity index is 940. The fourth-order valence-corrected chi connectivity index (χ4v) is 2.73. The number of nitrogens with zero attached hydrogens (tertiary/aromatic N) is 4. The van der Waals surface area contributed by atoms with E-state index < -0.39 is 18.5 Å². The number of hydrogen-bond acceptors (Lipinski definition) is 3. The zero-order chi connectivity index (χ0) is 17.3. The molecule has 0 amide bonds. The van der Waals surface area contributed by atoms with Crippen LogP contribution in [0.25, 0.3) is 11.4 Å². The van der Waals surface area contributed by atoms with E-state index in [1.54, 1.807) is 41.2 Å². The van der Waals surface area contributed by atoms with Crippen LogP contribution in [-0.2, 0) is 13.1 Å². The van der Waals surface area contributed by atoms with Crippen LogP contribution in [0.5, 0.6) is 0 Å². The minimum absolute atomic E-state index is 0.145. The Kier molecular flexibility index (Phi) is 4.32. The van der Waals surface area contributed by atoms with Crippen LogP contribution in [0.1, 0.15) is 11.1 Å². The van der Waals surface area contributed by atoms with Crippen molar-refractivity contribution in [2.75, 3.05) is 0 Å². The van der Waals surface area contributed by atoms with Crippen molar-refractivity contribution in [2.45, 2.75) is 19.5 Å². The fourth-order valence-electron chi connectivity index (χ4n) is 2.62. The lowest BCUT2D eigenvalue weighted by molar-refractivity contribution is 0.126. The summed E-state index contributed by atoms with van der Waals surface area (Å²) in [5.41, 5.74) is 0.590. The molecule has 24 heavy (non-hydrogen) atoms. The molecule has 0 fully saturated rings. The zero-order valence-electron chi connectivity index (χ0n) is 12.3. The van der Waals surface area contributed by atoms with E-state index in [4.69, 9.17) is 11.6 Å². The van der Waals surface area contributed by atoms with Gasteiger partial charge < -0.3 is 4.57 Å². The molecular formula is C16H11ClF2N4O. The normalized spacial score (nSPS) is 11.1. The lowest BCUT2D eigenvalue weighted by Crippen LogP contribution is -2.20. The molecule has 0 unspecified atom stereocenters. The van der Waals surface area contributed by atoms with Crippen LogP contribution < -0.4 is 5.56 Å². The monoisotopic (exact) mass is 348 g/mol. The van der Waals surface area contributed by atoms with Gasteiger partial charge in [-0.1, -0.05) is 17.7 Å². The molecule has 0 N–H and O–H groups in total. The highest BCUT2D eigenvalue weighted by molar-refractivity contribution is 6.29. The van der Waals surface area contributed by atoms with Crippen molar-refractivity contribution in [1.29, 1.82) is 5.26 Å². The van der Waals surface area contributed by atoms with E-state index in [2.05, 4.69) is 4.98 Å². The SMILES string of the molecule is N#Cc1c2n(Cc3ccc(Cl)nc3)cccc-2n(CC(F)F)c1=O. The van der Waals surface area contributed by atoms with Gasteiger partial charge in [-0.15, -0.1) is 0 Å². The van der Waals surface area contributed by atoms with E-state index in [0.29, 0.717) is 23.1 Å². The minimum Gasteiger partial charge on any atom is -0.341 e. The average Bonchev–Trinajstić information content (AvgIpc) is 2.82. The summed E-state index contributed by atoms with van der Waals surface area (Å²) >= 11 is 5.75. The summed E-state index contributed by atoms with van der Waals surface area (Å²) in [7, 11) is 0. The summed E-state index contributed by atoms with van der Waals surface area (Å²) in [6.07, 6.45) is 0.576. The van der Waals surface area contributed by atoms with Gasteiger partial charge in [0, 0.05) is 18.9 Å². The molecule has 0 radical (unpaired) electrons. The number of halogens is 3. The highest BCUT2D eigenvalue weighted by Crippen LogP contribution is 2.26. The van der Waals surface area contributed by atoms with Crippen LogP contribution in [0, 0.1) is 11.3 Å². The Labute approximate surface area is 140 Å².